The fraction of sp³-hybridized carbons (Fsp3) is 0.450. The molecule has 4 rings (SSSR count). The summed E-state index contributed by atoms with van der Waals surface area (Å²) >= 11 is 0. The van der Waals surface area contributed by atoms with E-state index >= 15 is 0 Å². The van der Waals surface area contributed by atoms with E-state index in [4.69, 9.17) is 5.73 Å². The first kappa shape index (κ1) is 21.3. The Morgan fingerprint density at radius 3 is 2.65 bits per heavy atom. The Balaban J connectivity index is 1.79. The molecule has 1 saturated heterocycles. The standard InChI is InChI=1S/C20H27N7O3S/c1-5-13-8-26(31(4,29)30)11-17(13)23-19-15(20(21)28)7-22-27-9-14(6-18(19)27)16-10-25(3)24-12(16)2/h6-7,9-10,13,17,23H,5,8,11H2,1-4H3,(H2,21,28)/t13-,17-/m1/s1. The zero-order valence-corrected chi connectivity index (χ0v) is 18.8. The maximum absolute atomic E-state index is 12.2. The van der Waals surface area contributed by atoms with Crippen LogP contribution in [0.25, 0.3) is 16.6 Å². The molecule has 1 fully saturated rings. The first-order valence-electron chi connectivity index (χ1n) is 10.1. The van der Waals surface area contributed by atoms with Crippen LogP contribution in [0.2, 0.25) is 0 Å². The van der Waals surface area contributed by atoms with Crippen molar-refractivity contribution in [1.82, 2.24) is 23.7 Å². The molecule has 0 unspecified atom stereocenters. The second-order valence-electron chi connectivity index (χ2n) is 8.16. The summed E-state index contributed by atoms with van der Waals surface area (Å²) in [6, 6.07) is 1.79. The number of aryl methyl sites for hydroxylation is 2. The van der Waals surface area contributed by atoms with Crippen molar-refractivity contribution in [3.63, 3.8) is 0 Å². The molecular formula is C20H27N7O3S. The number of primary amides is 1. The lowest BCUT2D eigenvalue weighted by atomic mass is 10.00. The van der Waals surface area contributed by atoms with Crippen molar-refractivity contribution in [2.45, 2.75) is 26.3 Å². The first-order chi connectivity index (χ1) is 14.6. The minimum atomic E-state index is -3.30. The Hall–Kier alpha value is -2.92. The van der Waals surface area contributed by atoms with Crippen LogP contribution in [0.4, 0.5) is 5.69 Å². The summed E-state index contributed by atoms with van der Waals surface area (Å²) in [4.78, 5) is 12.2. The third-order valence-electron chi connectivity index (χ3n) is 5.96. The highest BCUT2D eigenvalue weighted by atomic mass is 32.2. The average Bonchev–Trinajstić information content (AvgIpc) is 3.37. The fourth-order valence-electron chi connectivity index (χ4n) is 4.29. The number of hydrogen-bond donors (Lipinski definition) is 2. The molecule has 0 bridgehead atoms. The lowest BCUT2D eigenvalue weighted by Crippen LogP contribution is -2.32. The fourth-order valence-corrected chi connectivity index (χ4v) is 5.18. The van der Waals surface area contributed by atoms with E-state index in [2.05, 4.69) is 15.5 Å². The third kappa shape index (κ3) is 3.90. The van der Waals surface area contributed by atoms with Gasteiger partial charge in [-0.1, -0.05) is 13.3 Å². The lowest BCUT2D eigenvalue weighted by Gasteiger charge is -2.21. The number of nitrogens with two attached hydrogens (primary N) is 1. The van der Waals surface area contributed by atoms with Crippen LogP contribution in [0.3, 0.4) is 0 Å². The molecule has 0 spiro atoms. The number of hydrogen-bond acceptors (Lipinski definition) is 6. The van der Waals surface area contributed by atoms with E-state index in [1.807, 2.05) is 39.4 Å². The van der Waals surface area contributed by atoms with Crippen molar-refractivity contribution < 1.29 is 13.2 Å². The molecule has 1 amide bonds. The number of carbonyl (C=O) groups excluding carboxylic acids is 1. The van der Waals surface area contributed by atoms with Gasteiger partial charge in [0.1, 0.15) is 0 Å². The number of rotatable bonds is 6. The SMILES string of the molecule is CC[C@@H]1CN(S(C)(=O)=O)C[C@H]1Nc1c(C(N)=O)cnn2cc(-c3cn(C)nc3C)cc12. The van der Waals surface area contributed by atoms with Crippen LogP contribution in [0.15, 0.2) is 24.7 Å². The minimum Gasteiger partial charge on any atom is -0.378 e. The van der Waals surface area contributed by atoms with Crippen LogP contribution in [0.5, 0.6) is 0 Å². The van der Waals surface area contributed by atoms with Crippen LogP contribution < -0.4 is 11.1 Å². The Kier molecular flexibility index (Phi) is 5.26. The van der Waals surface area contributed by atoms with Gasteiger partial charge in [0.05, 0.1) is 34.9 Å². The number of sulfonamides is 1. The molecule has 3 aromatic heterocycles. The summed E-state index contributed by atoms with van der Waals surface area (Å²) in [5.74, 6) is -0.484. The van der Waals surface area contributed by atoms with Crippen LogP contribution in [-0.4, -0.2) is 63.4 Å². The number of anilines is 1. The molecule has 10 nitrogen and oxygen atoms in total. The van der Waals surface area contributed by atoms with E-state index in [0.717, 1.165) is 23.2 Å². The molecule has 11 heteroatoms. The average molecular weight is 446 g/mol. The summed E-state index contributed by atoms with van der Waals surface area (Å²) in [5, 5.41) is 12.2. The van der Waals surface area contributed by atoms with E-state index in [1.165, 1.54) is 16.8 Å². The van der Waals surface area contributed by atoms with E-state index in [-0.39, 0.29) is 17.5 Å². The van der Waals surface area contributed by atoms with Gasteiger partial charge in [-0.3, -0.25) is 9.48 Å². The number of carbonyl (C=O) groups is 1. The highest BCUT2D eigenvalue weighted by Crippen LogP contribution is 2.32. The third-order valence-corrected chi connectivity index (χ3v) is 7.19. The normalized spacial score (nSPS) is 19.9. The summed E-state index contributed by atoms with van der Waals surface area (Å²) in [7, 11) is -1.44. The van der Waals surface area contributed by atoms with Gasteiger partial charge in [0.2, 0.25) is 10.0 Å². The van der Waals surface area contributed by atoms with Gasteiger partial charge in [-0.2, -0.15) is 14.5 Å². The van der Waals surface area contributed by atoms with Crippen molar-refractivity contribution in [3.05, 3.63) is 35.9 Å². The Bertz CT molecular complexity index is 1260. The van der Waals surface area contributed by atoms with Gasteiger partial charge in [-0.25, -0.2) is 12.9 Å². The van der Waals surface area contributed by atoms with Crippen molar-refractivity contribution in [1.29, 1.82) is 0 Å². The van der Waals surface area contributed by atoms with Gasteiger partial charge in [0, 0.05) is 49.7 Å². The number of nitrogens with one attached hydrogen (secondary N) is 1. The molecule has 0 radical (unpaired) electrons. The summed E-state index contributed by atoms with van der Waals surface area (Å²) in [6.45, 7) is 4.74. The molecular weight excluding hydrogens is 418 g/mol. The molecule has 1 aliphatic heterocycles. The maximum Gasteiger partial charge on any atom is 0.252 e. The molecule has 3 N–H and O–H groups in total. The monoisotopic (exact) mass is 445 g/mol. The summed E-state index contributed by atoms with van der Waals surface area (Å²) in [6.07, 6.45) is 7.28. The van der Waals surface area contributed by atoms with Crippen molar-refractivity contribution in [2.24, 2.45) is 18.7 Å². The van der Waals surface area contributed by atoms with Crippen LogP contribution in [0.1, 0.15) is 29.4 Å². The largest absolute Gasteiger partial charge is 0.378 e. The van der Waals surface area contributed by atoms with Crippen molar-refractivity contribution in [2.75, 3.05) is 24.7 Å². The van der Waals surface area contributed by atoms with E-state index < -0.39 is 15.9 Å². The maximum atomic E-state index is 12.2. The molecule has 31 heavy (non-hydrogen) atoms. The quantitative estimate of drug-likeness (QED) is 0.587. The number of fused-ring (bicyclic) bond motifs is 1. The Morgan fingerprint density at radius 1 is 1.32 bits per heavy atom. The van der Waals surface area contributed by atoms with Crippen LogP contribution in [-0.2, 0) is 17.1 Å². The topological polar surface area (TPSA) is 128 Å². The summed E-state index contributed by atoms with van der Waals surface area (Å²) < 4.78 is 29.1. The zero-order valence-electron chi connectivity index (χ0n) is 18.0. The van der Waals surface area contributed by atoms with Gasteiger partial charge in [0.25, 0.3) is 5.91 Å². The lowest BCUT2D eigenvalue weighted by molar-refractivity contribution is 0.100. The predicted octanol–water partition coefficient (Wildman–Crippen LogP) is 1.22. The van der Waals surface area contributed by atoms with Crippen molar-refractivity contribution >= 4 is 27.1 Å². The number of nitrogens with zero attached hydrogens (tertiary/aromatic N) is 5. The molecule has 1 aliphatic rings. The molecule has 4 heterocycles. The smallest absolute Gasteiger partial charge is 0.252 e. The molecule has 2 atom stereocenters. The van der Waals surface area contributed by atoms with Gasteiger partial charge in [-0.15, -0.1) is 0 Å². The van der Waals surface area contributed by atoms with Gasteiger partial charge < -0.3 is 11.1 Å². The number of aromatic nitrogens is 4. The molecule has 166 valence electrons. The molecule has 0 saturated carbocycles. The van der Waals surface area contributed by atoms with Crippen LogP contribution >= 0.6 is 0 Å². The van der Waals surface area contributed by atoms with E-state index in [1.54, 1.807) is 9.20 Å². The Labute approximate surface area is 181 Å². The highest BCUT2D eigenvalue weighted by Gasteiger charge is 2.36. The van der Waals surface area contributed by atoms with Gasteiger partial charge >= 0.3 is 0 Å². The zero-order chi connectivity index (χ0) is 22.5. The molecule has 0 aliphatic carbocycles. The van der Waals surface area contributed by atoms with E-state index in [0.29, 0.717) is 24.3 Å². The van der Waals surface area contributed by atoms with Gasteiger partial charge in [0.15, 0.2) is 0 Å². The Morgan fingerprint density at radius 2 is 2.06 bits per heavy atom. The predicted molar refractivity (Wildman–Crippen MR) is 118 cm³/mol. The van der Waals surface area contributed by atoms with Crippen LogP contribution in [0, 0.1) is 12.8 Å². The minimum absolute atomic E-state index is 0.110. The van der Waals surface area contributed by atoms with Gasteiger partial charge in [-0.05, 0) is 18.9 Å². The van der Waals surface area contributed by atoms with Crippen molar-refractivity contribution in [3.8, 4) is 11.1 Å². The second-order valence-corrected chi connectivity index (χ2v) is 10.1. The molecule has 0 aromatic carbocycles. The second kappa shape index (κ2) is 7.65. The van der Waals surface area contributed by atoms with E-state index in [9.17, 15) is 13.2 Å². The molecule has 3 aromatic rings. The first-order valence-corrected chi connectivity index (χ1v) is 12.0. The number of amides is 1. The highest BCUT2D eigenvalue weighted by molar-refractivity contribution is 7.88. The summed E-state index contributed by atoms with van der Waals surface area (Å²) in [5.41, 5.74) is 9.94.